The summed E-state index contributed by atoms with van der Waals surface area (Å²) in [5.74, 6) is 0. The van der Waals surface area contributed by atoms with Gasteiger partial charge in [-0.2, -0.15) is 0 Å². The molecule has 11 aromatic carbocycles. The van der Waals surface area contributed by atoms with E-state index in [-0.39, 0.29) is 5.41 Å². The van der Waals surface area contributed by atoms with Crippen molar-refractivity contribution in [1.82, 2.24) is 0 Å². The number of rotatable bonds is 7. The standard InChI is InChI=1S/C66H47N/c1-65(2)60-30-16-13-27-54(60)56-39-35-45(42-62(56)65)44-33-36-49(37-34-44)67(64-32-18-15-29-58(64)59-41-46-19-9-10-24-51(46)52-25-11-12-26-53(52)59)50-38-40-57-55-28-14-17-31-61(55)66(63(57)43-50,47-20-5-3-6-21-47)48-22-7-4-8-23-48/h3-43H,1-2H3. The second-order valence-corrected chi connectivity index (χ2v) is 18.8. The number of benzene rings is 11. The van der Waals surface area contributed by atoms with Crippen LogP contribution in [0.25, 0.3) is 66.1 Å². The molecule has 1 heteroatoms. The zero-order valence-corrected chi connectivity index (χ0v) is 37.6. The number of nitrogens with zero attached hydrogens (tertiary/aromatic N) is 1. The zero-order valence-electron chi connectivity index (χ0n) is 37.6. The fraction of sp³-hybridized carbons (Fsp3) is 0.0606. The van der Waals surface area contributed by atoms with E-state index >= 15 is 0 Å². The SMILES string of the molecule is CC1(C)c2ccccc2-c2ccc(-c3ccc(N(c4ccc5c(c4)C(c4ccccc4)(c4ccccc4)c4ccccc4-5)c4ccccc4-c4cc5ccccc5c5ccccc45)cc3)cc21. The summed E-state index contributed by atoms with van der Waals surface area (Å²) in [5, 5.41) is 4.99. The van der Waals surface area contributed by atoms with Gasteiger partial charge in [0.1, 0.15) is 0 Å². The monoisotopic (exact) mass is 853 g/mol. The van der Waals surface area contributed by atoms with E-state index in [4.69, 9.17) is 0 Å². The van der Waals surface area contributed by atoms with E-state index < -0.39 is 5.41 Å². The zero-order chi connectivity index (χ0) is 44.7. The maximum Gasteiger partial charge on any atom is 0.0714 e. The first-order valence-corrected chi connectivity index (χ1v) is 23.5. The first-order valence-electron chi connectivity index (χ1n) is 23.5. The highest BCUT2D eigenvalue weighted by Gasteiger charge is 2.46. The Morgan fingerprint density at radius 1 is 0.299 bits per heavy atom. The molecule has 0 fully saturated rings. The van der Waals surface area contributed by atoms with E-state index in [2.05, 4.69) is 267 Å². The van der Waals surface area contributed by atoms with Crippen LogP contribution in [0.3, 0.4) is 0 Å². The van der Waals surface area contributed by atoms with Crippen molar-refractivity contribution in [2.24, 2.45) is 0 Å². The lowest BCUT2D eigenvalue weighted by molar-refractivity contribution is 0.660. The van der Waals surface area contributed by atoms with Gasteiger partial charge in [-0.25, -0.2) is 0 Å². The molecule has 13 rings (SSSR count). The van der Waals surface area contributed by atoms with E-state index in [9.17, 15) is 0 Å². The Labute approximate surface area is 392 Å². The third-order valence-electron chi connectivity index (χ3n) is 14.9. The summed E-state index contributed by atoms with van der Waals surface area (Å²) in [4.78, 5) is 2.50. The fourth-order valence-electron chi connectivity index (χ4n) is 11.9. The van der Waals surface area contributed by atoms with Gasteiger partial charge in [0.2, 0.25) is 0 Å². The predicted octanol–water partition coefficient (Wildman–Crippen LogP) is 17.5. The summed E-state index contributed by atoms with van der Waals surface area (Å²) in [7, 11) is 0. The van der Waals surface area contributed by atoms with E-state index in [0.717, 1.165) is 17.1 Å². The normalized spacial score (nSPS) is 13.8. The third kappa shape index (κ3) is 5.88. The van der Waals surface area contributed by atoms with Crippen molar-refractivity contribution in [3.8, 4) is 44.5 Å². The summed E-state index contributed by atoms with van der Waals surface area (Å²) >= 11 is 0. The van der Waals surface area contributed by atoms with Crippen LogP contribution < -0.4 is 4.90 Å². The largest absolute Gasteiger partial charge is 0.310 e. The van der Waals surface area contributed by atoms with Gasteiger partial charge in [0.15, 0.2) is 0 Å². The summed E-state index contributed by atoms with van der Waals surface area (Å²) in [6.45, 7) is 4.72. The second kappa shape index (κ2) is 15.2. The van der Waals surface area contributed by atoms with Crippen LogP contribution in [0.1, 0.15) is 47.2 Å². The number of fused-ring (bicyclic) bond motifs is 9. The summed E-state index contributed by atoms with van der Waals surface area (Å²) in [6, 6.07) is 92.7. The van der Waals surface area contributed by atoms with Gasteiger partial charge in [0, 0.05) is 22.4 Å². The smallest absolute Gasteiger partial charge is 0.0714 e. The predicted molar refractivity (Wildman–Crippen MR) is 282 cm³/mol. The molecule has 0 N–H and O–H groups in total. The van der Waals surface area contributed by atoms with E-state index in [0.29, 0.717) is 0 Å². The Balaban J connectivity index is 1.04. The Kier molecular flexibility index (Phi) is 8.85. The van der Waals surface area contributed by atoms with Gasteiger partial charge in [-0.05, 0) is 136 Å². The Morgan fingerprint density at radius 2 is 0.806 bits per heavy atom. The van der Waals surface area contributed by atoms with Crippen LogP contribution in [-0.4, -0.2) is 0 Å². The van der Waals surface area contributed by atoms with E-state index in [1.807, 2.05) is 0 Å². The molecule has 0 radical (unpaired) electrons. The maximum absolute atomic E-state index is 2.50. The molecular weight excluding hydrogens is 807 g/mol. The minimum atomic E-state index is -0.533. The van der Waals surface area contributed by atoms with Crippen molar-refractivity contribution < 1.29 is 0 Å². The highest BCUT2D eigenvalue weighted by atomic mass is 15.1. The average Bonchev–Trinajstić information content (AvgIpc) is 3.82. The van der Waals surface area contributed by atoms with Gasteiger partial charge in [0.05, 0.1) is 11.1 Å². The molecule has 67 heavy (non-hydrogen) atoms. The second-order valence-electron chi connectivity index (χ2n) is 18.8. The Hall–Kier alpha value is -8.26. The summed E-state index contributed by atoms with van der Waals surface area (Å²) < 4.78 is 0. The van der Waals surface area contributed by atoms with Crippen LogP contribution in [0.15, 0.2) is 249 Å². The summed E-state index contributed by atoms with van der Waals surface area (Å²) in [6.07, 6.45) is 0. The molecule has 0 saturated carbocycles. The number of anilines is 3. The van der Waals surface area contributed by atoms with Crippen LogP contribution in [0.2, 0.25) is 0 Å². The van der Waals surface area contributed by atoms with Crippen molar-refractivity contribution in [3.05, 3.63) is 282 Å². The van der Waals surface area contributed by atoms with Crippen molar-refractivity contribution in [1.29, 1.82) is 0 Å². The molecular formula is C66H47N. The molecule has 0 spiro atoms. The molecule has 0 aliphatic heterocycles. The van der Waals surface area contributed by atoms with E-state index in [1.165, 1.54) is 99.4 Å². The van der Waals surface area contributed by atoms with Crippen LogP contribution in [0, 0.1) is 0 Å². The summed E-state index contributed by atoms with van der Waals surface area (Å²) in [5.41, 5.74) is 20.6. The molecule has 0 saturated heterocycles. The minimum Gasteiger partial charge on any atom is -0.310 e. The van der Waals surface area contributed by atoms with Gasteiger partial charge in [-0.1, -0.05) is 220 Å². The van der Waals surface area contributed by atoms with Crippen molar-refractivity contribution in [2.45, 2.75) is 24.7 Å². The molecule has 1 nitrogen and oxygen atoms in total. The first kappa shape index (κ1) is 39.1. The lowest BCUT2D eigenvalue weighted by Gasteiger charge is -2.35. The van der Waals surface area contributed by atoms with Crippen molar-refractivity contribution in [2.75, 3.05) is 4.90 Å². The molecule has 0 amide bonds. The topological polar surface area (TPSA) is 3.24 Å². The maximum atomic E-state index is 2.50. The van der Waals surface area contributed by atoms with Gasteiger partial charge in [0.25, 0.3) is 0 Å². The fourth-order valence-corrected chi connectivity index (χ4v) is 11.9. The molecule has 0 heterocycles. The Bertz CT molecular complexity index is 3670. The highest BCUT2D eigenvalue weighted by Crippen LogP contribution is 2.58. The van der Waals surface area contributed by atoms with Crippen molar-refractivity contribution >= 4 is 38.6 Å². The first-order chi connectivity index (χ1) is 33.0. The van der Waals surface area contributed by atoms with Gasteiger partial charge < -0.3 is 4.90 Å². The number of hydrogen-bond acceptors (Lipinski definition) is 1. The molecule has 0 bridgehead atoms. The van der Waals surface area contributed by atoms with Crippen LogP contribution in [0.5, 0.6) is 0 Å². The molecule has 0 atom stereocenters. The average molecular weight is 854 g/mol. The molecule has 11 aromatic rings. The van der Waals surface area contributed by atoms with Gasteiger partial charge >= 0.3 is 0 Å². The van der Waals surface area contributed by atoms with Crippen molar-refractivity contribution in [3.63, 3.8) is 0 Å². The molecule has 0 unspecified atom stereocenters. The molecule has 2 aliphatic rings. The van der Waals surface area contributed by atoms with Gasteiger partial charge in [-0.3, -0.25) is 0 Å². The van der Waals surface area contributed by atoms with Gasteiger partial charge in [-0.15, -0.1) is 0 Å². The van der Waals surface area contributed by atoms with E-state index in [1.54, 1.807) is 0 Å². The molecule has 316 valence electrons. The van der Waals surface area contributed by atoms with Crippen LogP contribution in [-0.2, 0) is 10.8 Å². The number of hydrogen-bond donors (Lipinski definition) is 0. The minimum absolute atomic E-state index is 0.0722. The van der Waals surface area contributed by atoms with Crippen LogP contribution in [0.4, 0.5) is 17.1 Å². The quantitative estimate of drug-likeness (QED) is 0.144. The third-order valence-corrected chi connectivity index (χ3v) is 14.9. The lowest BCUT2D eigenvalue weighted by Crippen LogP contribution is -2.28. The Morgan fingerprint density at radius 3 is 1.54 bits per heavy atom. The number of para-hydroxylation sites is 1. The lowest BCUT2D eigenvalue weighted by atomic mass is 9.67. The van der Waals surface area contributed by atoms with Crippen LogP contribution >= 0.6 is 0 Å². The molecule has 0 aromatic heterocycles. The highest BCUT2D eigenvalue weighted by molar-refractivity contribution is 6.15. The molecule has 2 aliphatic carbocycles.